The maximum Gasteiger partial charge on any atom is 0.418 e. The molecule has 0 aliphatic rings. The molecule has 0 saturated carbocycles. The lowest BCUT2D eigenvalue weighted by Gasteiger charge is -2.14. The highest BCUT2D eigenvalue weighted by Gasteiger charge is 2.33. The zero-order chi connectivity index (χ0) is 20.0. The standard InChI is InChI=1S/C10H12F3N.C7H17N.C2H4O/c1-3-7-4-6(2)5-8(9(7)14)10(11,12)13;1-4-6-7-8(3)5-2;1-2-3/h4-5H,3,14H2,1-2H3;4-7H2,1-3H3;2H,1H3. The van der Waals surface area contributed by atoms with Crippen LogP contribution in [0.15, 0.2) is 12.1 Å². The van der Waals surface area contributed by atoms with Gasteiger partial charge in [-0.2, -0.15) is 13.2 Å². The highest BCUT2D eigenvalue weighted by molar-refractivity contribution is 5.56. The van der Waals surface area contributed by atoms with E-state index in [-0.39, 0.29) is 5.69 Å². The average molecular weight is 362 g/mol. The molecular weight excluding hydrogens is 329 g/mol. The van der Waals surface area contributed by atoms with Crippen LogP contribution in [0.2, 0.25) is 0 Å². The van der Waals surface area contributed by atoms with Crippen LogP contribution in [-0.4, -0.2) is 31.3 Å². The molecule has 6 heteroatoms. The first-order valence-electron chi connectivity index (χ1n) is 8.63. The van der Waals surface area contributed by atoms with Crippen molar-refractivity contribution in [2.24, 2.45) is 0 Å². The molecule has 0 saturated heterocycles. The van der Waals surface area contributed by atoms with Gasteiger partial charge in [0.15, 0.2) is 0 Å². The molecule has 1 rings (SSSR count). The third-order valence-electron chi connectivity index (χ3n) is 3.53. The molecule has 0 bridgehead atoms. The third-order valence-corrected chi connectivity index (χ3v) is 3.53. The van der Waals surface area contributed by atoms with Crippen molar-refractivity contribution >= 4 is 12.0 Å². The second-order valence-corrected chi connectivity index (χ2v) is 5.72. The predicted molar refractivity (Wildman–Crippen MR) is 99.8 cm³/mol. The summed E-state index contributed by atoms with van der Waals surface area (Å²) in [5.74, 6) is 0. The van der Waals surface area contributed by atoms with Crippen LogP contribution in [-0.2, 0) is 17.4 Å². The molecule has 0 aromatic heterocycles. The van der Waals surface area contributed by atoms with Crippen LogP contribution in [0.5, 0.6) is 0 Å². The Morgan fingerprint density at radius 3 is 2.08 bits per heavy atom. The lowest BCUT2D eigenvalue weighted by molar-refractivity contribution is -0.137. The number of rotatable bonds is 5. The van der Waals surface area contributed by atoms with Crippen LogP contribution in [0.25, 0.3) is 0 Å². The first kappa shape index (κ1) is 25.7. The monoisotopic (exact) mass is 362 g/mol. The van der Waals surface area contributed by atoms with Gasteiger partial charge in [-0.15, -0.1) is 0 Å². The Labute approximate surface area is 150 Å². The van der Waals surface area contributed by atoms with Gasteiger partial charge in [-0.25, -0.2) is 0 Å². The molecule has 0 heterocycles. The second kappa shape index (κ2) is 13.7. The van der Waals surface area contributed by atoms with E-state index in [2.05, 4.69) is 25.8 Å². The van der Waals surface area contributed by atoms with Crippen molar-refractivity contribution in [3.8, 4) is 0 Å². The van der Waals surface area contributed by atoms with Crippen molar-refractivity contribution < 1.29 is 18.0 Å². The molecule has 0 aliphatic heterocycles. The Hall–Kier alpha value is -1.56. The zero-order valence-corrected chi connectivity index (χ0v) is 16.3. The number of alkyl halides is 3. The molecule has 0 spiro atoms. The fraction of sp³-hybridized carbons (Fsp3) is 0.632. The Morgan fingerprint density at radius 2 is 1.72 bits per heavy atom. The molecule has 0 radical (unpaired) electrons. The van der Waals surface area contributed by atoms with E-state index >= 15 is 0 Å². The summed E-state index contributed by atoms with van der Waals surface area (Å²) in [5, 5.41) is 0. The van der Waals surface area contributed by atoms with Crippen LogP contribution in [0, 0.1) is 6.92 Å². The Morgan fingerprint density at radius 1 is 1.20 bits per heavy atom. The Kier molecular flexibility index (Phi) is 14.1. The van der Waals surface area contributed by atoms with Crippen LogP contribution >= 0.6 is 0 Å². The second-order valence-electron chi connectivity index (χ2n) is 5.72. The summed E-state index contributed by atoms with van der Waals surface area (Å²) in [6, 6.07) is 2.76. The number of anilines is 1. The highest BCUT2D eigenvalue weighted by atomic mass is 19.4. The number of aryl methyl sites for hydroxylation is 2. The van der Waals surface area contributed by atoms with Crippen molar-refractivity contribution in [1.29, 1.82) is 0 Å². The highest BCUT2D eigenvalue weighted by Crippen LogP contribution is 2.35. The molecular formula is C19H33F3N2O. The quantitative estimate of drug-likeness (QED) is 0.585. The number of carbonyl (C=O) groups is 1. The number of nitrogens with two attached hydrogens (primary N) is 1. The third kappa shape index (κ3) is 11.6. The van der Waals surface area contributed by atoms with Gasteiger partial charge in [0.2, 0.25) is 0 Å². The van der Waals surface area contributed by atoms with Gasteiger partial charge in [-0.3, -0.25) is 0 Å². The van der Waals surface area contributed by atoms with E-state index in [4.69, 9.17) is 10.5 Å². The van der Waals surface area contributed by atoms with Crippen LogP contribution in [0.3, 0.4) is 0 Å². The van der Waals surface area contributed by atoms with Gasteiger partial charge in [0.05, 0.1) is 5.56 Å². The molecule has 0 amide bonds. The number of halogens is 3. The summed E-state index contributed by atoms with van der Waals surface area (Å²) in [5.41, 5.74) is 5.69. The minimum Gasteiger partial charge on any atom is -0.398 e. The van der Waals surface area contributed by atoms with Crippen molar-refractivity contribution in [1.82, 2.24) is 4.90 Å². The zero-order valence-electron chi connectivity index (χ0n) is 16.3. The summed E-state index contributed by atoms with van der Waals surface area (Å²) >= 11 is 0. The first-order chi connectivity index (χ1) is 11.6. The maximum atomic E-state index is 12.5. The normalized spacial score (nSPS) is 10.5. The summed E-state index contributed by atoms with van der Waals surface area (Å²) in [6.07, 6.45) is -0.453. The van der Waals surface area contributed by atoms with Crippen molar-refractivity contribution in [3.63, 3.8) is 0 Å². The van der Waals surface area contributed by atoms with Crippen molar-refractivity contribution in [2.45, 2.75) is 60.1 Å². The summed E-state index contributed by atoms with van der Waals surface area (Å²) in [7, 11) is 2.16. The summed E-state index contributed by atoms with van der Waals surface area (Å²) in [6.45, 7) is 11.7. The number of carbonyl (C=O) groups excluding carboxylic acids is 1. The molecule has 0 fully saturated rings. The number of unbranched alkanes of at least 4 members (excludes halogenated alkanes) is 1. The first-order valence-corrected chi connectivity index (χ1v) is 8.63. The van der Waals surface area contributed by atoms with E-state index in [1.165, 1.54) is 32.9 Å². The number of nitrogen functional groups attached to an aromatic ring is 1. The van der Waals surface area contributed by atoms with Crippen molar-refractivity contribution in [3.05, 3.63) is 28.8 Å². The smallest absolute Gasteiger partial charge is 0.398 e. The van der Waals surface area contributed by atoms with E-state index in [9.17, 15) is 13.2 Å². The molecule has 0 unspecified atom stereocenters. The van der Waals surface area contributed by atoms with Gasteiger partial charge in [-0.05, 0) is 58.5 Å². The SMILES string of the molecule is CC=O.CCCCN(C)CC.CCc1cc(C)cc(C(F)(F)F)c1N. The van der Waals surface area contributed by atoms with Gasteiger partial charge in [0.1, 0.15) is 6.29 Å². The van der Waals surface area contributed by atoms with Gasteiger partial charge in [-0.1, -0.05) is 38.8 Å². The van der Waals surface area contributed by atoms with Gasteiger partial charge in [0.25, 0.3) is 0 Å². The fourth-order valence-corrected chi connectivity index (χ4v) is 1.99. The number of hydrogen-bond acceptors (Lipinski definition) is 3. The minimum absolute atomic E-state index is 0.148. The number of aldehydes is 1. The molecule has 25 heavy (non-hydrogen) atoms. The molecule has 146 valence electrons. The molecule has 0 atom stereocenters. The average Bonchev–Trinajstić information content (AvgIpc) is 2.54. The molecule has 1 aromatic carbocycles. The number of benzene rings is 1. The minimum atomic E-state index is -4.36. The summed E-state index contributed by atoms with van der Waals surface area (Å²) < 4.78 is 37.4. The fourth-order valence-electron chi connectivity index (χ4n) is 1.99. The topological polar surface area (TPSA) is 46.3 Å². The lowest BCUT2D eigenvalue weighted by Crippen LogP contribution is -2.18. The van der Waals surface area contributed by atoms with E-state index in [1.807, 2.05) is 0 Å². The lowest BCUT2D eigenvalue weighted by atomic mass is 10.0. The molecule has 3 nitrogen and oxygen atoms in total. The van der Waals surface area contributed by atoms with E-state index in [0.717, 1.165) is 12.4 Å². The van der Waals surface area contributed by atoms with Gasteiger partial charge < -0.3 is 15.4 Å². The van der Waals surface area contributed by atoms with Gasteiger partial charge in [0, 0.05) is 5.69 Å². The van der Waals surface area contributed by atoms with Crippen LogP contribution < -0.4 is 5.73 Å². The van der Waals surface area contributed by atoms with E-state index in [1.54, 1.807) is 19.9 Å². The molecule has 2 N–H and O–H groups in total. The maximum absolute atomic E-state index is 12.5. The van der Waals surface area contributed by atoms with Crippen LogP contribution in [0.4, 0.5) is 18.9 Å². The van der Waals surface area contributed by atoms with Crippen LogP contribution in [0.1, 0.15) is 57.2 Å². The number of hydrogen-bond donors (Lipinski definition) is 1. The summed E-state index contributed by atoms with van der Waals surface area (Å²) in [4.78, 5) is 11.1. The molecule has 0 aliphatic carbocycles. The van der Waals surface area contributed by atoms with E-state index in [0.29, 0.717) is 17.5 Å². The number of nitrogens with zero attached hydrogens (tertiary/aromatic N) is 1. The predicted octanol–water partition coefficient (Wildman–Crippen LogP) is 5.10. The Balaban J connectivity index is 0. The van der Waals surface area contributed by atoms with Gasteiger partial charge >= 0.3 is 6.18 Å². The largest absolute Gasteiger partial charge is 0.418 e. The van der Waals surface area contributed by atoms with E-state index < -0.39 is 11.7 Å². The Bertz CT molecular complexity index is 488. The van der Waals surface area contributed by atoms with Crippen molar-refractivity contribution in [2.75, 3.05) is 25.9 Å². The molecule has 1 aromatic rings.